The van der Waals surface area contributed by atoms with E-state index in [0.29, 0.717) is 29.6 Å². The zero-order valence-electron chi connectivity index (χ0n) is 18.9. The quantitative estimate of drug-likeness (QED) is 0.432. The number of benzene rings is 2. The highest BCUT2D eigenvalue weighted by molar-refractivity contribution is 5.95. The number of aromatic nitrogens is 3. The second-order valence-corrected chi connectivity index (χ2v) is 8.02. The highest BCUT2D eigenvalue weighted by Crippen LogP contribution is 2.37. The molecule has 0 aliphatic heterocycles. The molecule has 0 aliphatic rings. The van der Waals surface area contributed by atoms with E-state index in [1.807, 2.05) is 50.3 Å². The third-order valence-electron chi connectivity index (χ3n) is 5.50. The lowest BCUT2D eigenvalue weighted by molar-refractivity contribution is 0.414. The Bertz CT molecular complexity index is 1250. The minimum absolute atomic E-state index is 0.492. The van der Waals surface area contributed by atoms with Gasteiger partial charge in [0.25, 0.3) is 0 Å². The number of para-hydroxylation sites is 1. The van der Waals surface area contributed by atoms with E-state index in [9.17, 15) is 0 Å². The number of rotatable bonds is 7. The SMILES string of the molecule is COc1cc(N(CCN(C)C)c2nccc(-c3cn(C)c4ccccc34)n2)c(N)cc1N. The molecule has 0 spiro atoms. The van der Waals surface area contributed by atoms with Crippen LogP contribution in [-0.4, -0.2) is 53.7 Å². The fourth-order valence-electron chi connectivity index (χ4n) is 3.82. The van der Waals surface area contributed by atoms with Gasteiger partial charge >= 0.3 is 0 Å². The molecular weight excluding hydrogens is 402 g/mol. The van der Waals surface area contributed by atoms with Crippen LogP contribution in [0.5, 0.6) is 5.75 Å². The molecule has 0 fully saturated rings. The molecule has 0 saturated heterocycles. The second kappa shape index (κ2) is 8.76. The van der Waals surface area contributed by atoms with Gasteiger partial charge in [-0.2, -0.15) is 0 Å². The molecule has 32 heavy (non-hydrogen) atoms. The summed E-state index contributed by atoms with van der Waals surface area (Å²) in [7, 11) is 7.68. The summed E-state index contributed by atoms with van der Waals surface area (Å²) in [6.45, 7) is 1.43. The van der Waals surface area contributed by atoms with Gasteiger partial charge in [-0.1, -0.05) is 18.2 Å². The number of hydrogen-bond acceptors (Lipinski definition) is 7. The van der Waals surface area contributed by atoms with Crippen molar-refractivity contribution in [1.29, 1.82) is 0 Å². The monoisotopic (exact) mass is 431 g/mol. The van der Waals surface area contributed by atoms with Gasteiger partial charge < -0.3 is 30.6 Å². The minimum atomic E-state index is 0.492. The number of hydrogen-bond donors (Lipinski definition) is 2. The van der Waals surface area contributed by atoms with Gasteiger partial charge in [-0.05, 0) is 32.3 Å². The Morgan fingerprint density at radius 2 is 1.81 bits per heavy atom. The minimum Gasteiger partial charge on any atom is -0.495 e. The Morgan fingerprint density at radius 1 is 1.03 bits per heavy atom. The van der Waals surface area contributed by atoms with Crippen molar-refractivity contribution >= 4 is 33.9 Å². The zero-order chi connectivity index (χ0) is 22.8. The molecule has 0 bridgehead atoms. The maximum Gasteiger partial charge on any atom is 0.230 e. The number of fused-ring (bicyclic) bond motifs is 1. The Kier molecular flexibility index (Phi) is 5.87. The van der Waals surface area contributed by atoms with Crippen molar-refractivity contribution in [2.24, 2.45) is 7.05 Å². The summed E-state index contributed by atoms with van der Waals surface area (Å²) in [6, 6.07) is 13.8. The number of nitrogens with zero attached hydrogens (tertiary/aromatic N) is 5. The largest absolute Gasteiger partial charge is 0.495 e. The van der Waals surface area contributed by atoms with Crippen LogP contribution >= 0.6 is 0 Å². The number of ether oxygens (including phenoxy) is 1. The molecule has 0 amide bonds. The third kappa shape index (κ3) is 4.04. The van der Waals surface area contributed by atoms with Crippen LogP contribution < -0.4 is 21.1 Å². The zero-order valence-corrected chi connectivity index (χ0v) is 18.9. The fourth-order valence-corrected chi connectivity index (χ4v) is 3.82. The molecular formula is C24H29N7O. The lowest BCUT2D eigenvalue weighted by atomic mass is 10.1. The van der Waals surface area contributed by atoms with Gasteiger partial charge in [-0.15, -0.1) is 0 Å². The smallest absolute Gasteiger partial charge is 0.230 e. The molecule has 166 valence electrons. The fraction of sp³-hybridized carbons (Fsp3) is 0.250. The van der Waals surface area contributed by atoms with E-state index in [2.05, 4.69) is 32.8 Å². The highest BCUT2D eigenvalue weighted by atomic mass is 16.5. The van der Waals surface area contributed by atoms with Crippen molar-refractivity contribution in [1.82, 2.24) is 19.4 Å². The van der Waals surface area contributed by atoms with Crippen LogP contribution in [0, 0.1) is 0 Å². The van der Waals surface area contributed by atoms with Gasteiger partial charge in [0.05, 0.1) is 29.9 Å². The molecule has 4 rings (SSSR count). The molecule has 4 aromatic rings. The van der Waals surface area contributed by atoms with Crippen molar-refractivity contribution in [3.63, 3.8) is 0 Å². The summed E-state index contributed by atoms with van der Waals surface area (Å²) >= 11 is 0. The van der Waals surface area contributed by atoms with E-state index in [0.717, 1.165) is 34.4 Å². The van der Waals surface area contributed by atoms with Gasteiger partial charge in [-0.3, -0.25) is 0 Å². The normalized spacial score (nSPS) is 11.3. The molecule has 0 saturated carbocycles. The summed E-state index contributed by atoms with van der Waals surface area (Å²) in [4.78, 5) is 13.6. The molecule has 0 aliphatic carbocycles. The summed E-state index contributed by atoms with van der Waals surface area (Å²) < 4.78 is 7.55. The highest BCUT2D eigenvalue weighted by Gasteiger charge is 2.19. The van der Waals surface area contributed by atoms with E-state index in [1.54, 1.807) is 19.4 Å². The Hall–Kier alpha value is -3.78. The maximum atomic E-state index is 6.37. The molecule has 0 radical (unpaired) electrons. The van der Waals surface area contributed by atoms with E-state index in [-0.39, 0.29) is 0 Å². The van der Waals surface area contributed by atoms with Gasteiger partial charge in [0.2, 0.25) is 5.95 Å². The van der Waals surface area contributed by atoms with Crippen molar-refractivity contribution in [2.45, 2.75) is 0 Å². The van der Waals surface area contributed by atoms with E-state index < -0.39 is 0 Å². The first-order chi connectivity index (χ1) is 15.4. The number of nitrogen functional groups attached to an aromatic ring is 2. The predicted molar refractivity (Wildman–Crippen MR) is 131 cm³/mol. The summed E-state index contributed by atoms with van der Waals surface area (Å²) in [5.74, 6) is 1.13. The van der Waals surface area contributed by atoms with E-state index in [4.69, 9.17) is 21.2 Å². The Labute approximate surface area is 188 Å². The van der Waals surface area contributed by atoms with Crippen LogP contribution in [-0.2, 0) is 7.05 Å². The molecule has 8 nitrogen and oxygen atoms in total. The van der Waals surface area contributed by atoms with E-state index >= 15 is 0 Å². The maximum absolute atomic E-state index is 6.37. The number of anilines is 4. The number of nitrogens with two attached hydrogens (primary N) is 2. The molecule has 2 aromatic carbocycles. The van der Waals surface area contributed by atoms with Gasteiger partial charge in [0, 0.05) is 55.1 Å². The van der Waals surface area contributed by atoms with Crippen LogP contribution in [0.3, 0.4) is 0 Å². The van der Waals surface area contributed by atoms with Crippen LogP contribution in [0.2, 0.25) is 0 Å². The molecule has 2 heterocycles. The van der Waals surface area contributed by atoms with Crippen molar-refractivity contribution in [3.8, 4) is 17.0 Å². The summed E-state index contributed by atoms with van der Waals surface area (Å²) in [6.07, 6.45) is 3.88. The number of likely N-dealkylation sites (N-methyl/N-ethyl adjacent to an activating group) is 1. The predicted octanol–water partition coefficient (Wildman–Crippen LogP) is 3.51. The molecule has 0 atom stereocenters. The van der Waals surface area contributed by atoms with Crippen molar-refractivity contribution in [2.75, 3.05) is 50.7 Å². The lowest BCUT2D eigenvalue weighted by Gasteiger charge is -2.26. The summed E-state index contributed by atoms with van der Waals surface area (Å²) in [5, 5.41) is 1.15. The van der Waals surface area contributed by atoms with E-state index in [1.165, 1.54) is 0 Å². The number of aryl methyl sites for hydroxylation is 1. The first-order valence-corrected chi connectivity index (χ1v) is 10.4. The van der Waals surface area contributed by atoms with Crippen LogP contribution in [0.4, 0.5) is 23.0 Å². The van der Waals surface area contributed by atoms with Crippen LogP contribution in [0.15, 0.2) is 54.9 Å². The number of methoxy groups -OCH3 is 1. The topological polar surface area (TPSA) is 98.5 Å². The first-order valence-electron chi connectivity index (χ1n) is 10.4. The van der Waals surface area contributed by atoms with Crippen LogP contribution in [0.25, 0.3) is 22.2 Å². The molecule has 2 aromatic heterocycles. The van der Waals surface area contributed by atoms with Gasteiger partial charge in [0.15, 0.2) is 0 Å². The van der Waals surface area contributed by atoms with Crippen LogP contribution in [0.1, 0.15) is 0 Å². The second-order valence-electron chi connectivity index (χ2n) is 8.02. The van der Waals surface area contributed by atoms with Gasteiger partial charge in [-0.25, -0.2) is 9.97 Å². The van der Waals surface area contributed by atoms with Gasteiger partial charge in [0.1, 0.15) is 5.75 Å². The Morgan fingerprint density at radius 3 is 2.56 bits per heavy atom. The third-order valence-corrected chi connectivity index (χ3v) is 5.50. The molecule has 8 heteroatoms. The van der Waals surface area contributed by atoms with Crippen molar-refractivity contribution < 1.29 is 4.74 Å². The first kappa shape index (κ1) is 21.5. The molecule has 0 unspecified atom stereocenters. The average molecular weight is 432 g/mol. The lowest BCUT2D eigenvalue weighted by Crippen LogP contribution is -2.30. The average Bonchev–Trinajstić information content (AvgIpc) is 3.12. The molecule has 4 N–H and O–H groups in total. The Balaban J connectivity index is 1.82. The van der Waals surface area contributed by atoms with Crippen molar-refractivity contribution in [3.05, 3.63) is 54.9 Å². The standard InChI is InChI=1S/C24H29N7O/c1-29(2)11-12-31(22-14-23(32-4)19(26)13-18(22)25)24-27-10-9-20(28-24)17-15-30(3)21-8-6-5-7-16(17)21/h5-10,13-15H,11-12,25-26H2,1-4H3. The summed E-state index contributed by atoms with van der Waals surface area (Å²) in [5.41, 5.74) is 17.3.